The number of carbonyl (C=O) groups is 1. The summed E-state index contributed by atoms with van der Waals surface area (Å²) in [7, 11) is 0. The van der Waals surface area contributed by atoms with Crippen LogP contribution in [-0.4, -0.2) is 5.78 Å². The predicted molar refractivity (Wildman–Crippen MR) is 64.0 cm³/mol. The first-order valence-electron chi connectivity index (χ1n) is 5.73. The summed E-state index contributed by atoms with van der Waals surface area (Å²) in [6.45, 7) is 1.89. The van der Waals surface area contributed by atoms with Gasteiger partial charge in [-0.25, -0.2) is 0 Å². The highest BCUT2D eigenvalue weighted by molar-refractivity contribution is 5.80. The molecule has 16 heavy (non-hydrogen) atoms. The second kappa shape index (κ2) is 6.79. The Morgan fingerprint density at radius 1 is 1.31 bits per heavy atom. The summed E-state index contributed by atoms with van der Waals surface area (Å²) in [5, 5.41) is 8.49. The third-order valence-electron chi connectivity index (χ3n) is 2.64. The molecule has 84 valence electrons. The van der Waals surface area contributed by atoms with Gasteiger partial charge < -0.3 is 0 Å². The molecule has 0 heterocycles. The summed E-state index contributed by atoms with van der Waals surface area (Å²) in [6.07, 6.45) is 3.45. The van der Waals surface area contributed by atoms with E-state index in [1.54, 1.807) is 0 Å². The fourth-order valence-electron chi connectivity index (χ4n) is 1.67. The molecular formula is C14H17NO. The molecule has 0 atom stereocenters. The summed E-state index contributed by atoms with van der Waals surface area (Å²) in [6, 6.07) is 10.2. The second-order valence-electron chi connectivity index (χ2n) is 3.85. The van der Waals surface area contributed by atoms with Crippen LogP contribution in [0.15, 0.2) is 24.3 Å². The van der Waals surface area contributed by atoms with E-state index in [2.05, 4.69) is 12.1 Å². The average molecular weight is 215 g/mol. The fraction of sp³-hybridized carbons (Fsp3) is 0.429. The average Bonchev–Trinajstić information content (AvgIpc) is 2.31. The topological polar surface area (TPSA) is 40.9 Å². The molecule has 0 spiro atoms. The highest BCUT2D eigenvalue weighted by Gasteiger charge is 2.05. The molecule has 0 bridgehead atoms. The molecule has 0 saturated heterocycles. The Morgan fingerprint density at radius 2 is 2.00 bits per heavy atom. The predicted octanol–water partition coefficient (Wildman–Crippen LogP) is 3.05. The van der Waals surface area contributed by atoms with Crippen molar-refractivity contribution in [2.75, 3.05) is 0 Å². The highest BCUT2D eigenvalue weighted by Crippen LogP contribution is 2.13. The second-order valence-corrected chi connectivity index (χ2v) is 3.85. The molecule has 0 N–H and O–H groups in total. The lowest BCUT2D eigenvalue weighted by atomic mass is 9.97. The third kappa shape index (κ3) is 3.86. The SMILES string of the molecule is CCC(=O)Cc1ccccc1CCCC#N. The van der Waals surface area contributed by atoms with Crippen LogP contribution in [0.2, 0.25) is 0 Å². The van der Waals surface area contributed by atoms with Gasteiger partial charge in [0.2, 0.25) is 0 Å². The molecule has 0 saturated carbocycles. The molecule has 0 aliphatic carbocycles. The standard InChI is InChI=1S/C14H17NO/c1-2-14(16)11-13-9-4-3-7-12(13)8-5-6-10-15/h3-4,7,9H,2,5-6,8,11H2,1H3. The maximum Gasteiger partial charge on any atom is 0.137 e. The number of hydrogen-bond donors (Lipinski definition) is 0. The normalized spacial score (nSPS) is 9.75. The maximum atomic E-state index is 11.4. The van der Waals surface area contributed by atoms with Crippen LogP contribution in [0.1, 0.15) is 37.3 Å². The Bertz CT molecular complexity index is 390. The third-order valence-corrected chi connectivity index (χ3v) is 2.64. The first-order chi connectivity index (χ1) is 7.77. The number of hydrogen-bond acceptors (Lipinski definition) is 2. The van der Waals surface area contributed by atoms with Gasteiger partial charge in [0.1, 0.15) is 5.78 Å². The Kier molecular flexibility index (Phi) is 5.28. The summed E-state index contributed by atoms with van der Waals surface area (Å²) in [5.74, 6) is 0.271. The van der Waals surface area contributed by atoms with E-state index in [4.69, 9.17) is 5.26 Å². The number of nitriles is 1. The van der Waals surface area contributed by atoms with Crippen molar-refractivity contribution < 1.29 is 4.79 Å². The van der Waals surface area contributed by atoms with Gasteiger partial charge in [0, 0.05) is 19.3 Å². The minimum Gasteiger partial charge on any atom is -0.299 e. The van der Waals surface area contributed by atoms with Crippen LogP contribution >= 0.6 is 0 Å². The molecule has 2 heteroatoms. The van der Waals surface area contributed by atoms with Crippen LogP contribution in [0.5, 0.6) is 0 Å². The van der Waals surface area contributed by atoms with E-state index in [-0.39, 0.29) is 5.78 Å². The van der Waals surface area contributed by atoms with Crippen LogP contribution in [0, 0.1) is 11.3 Å². The number of rotatable bonds is 6. The van der Waals surface area contributed by atoms with Crippen LogP contribution in [0.25, 0.3) is 0 Å². The number of unbranched alkanes of at least 4 members (excludes halogenated alkanes) is 1. The van der Waals surface area contributed by atoms with Crippen molar-refractivity contribution in [3.8, 4) is 6.07 Å². The Hall–Kier alpha value is -1.62. The van der Waals surface area contributed by atoms with E-state index in [9.17, 15) is 4.79 Å². The lowest BCUT2D eigenvalue weighted by Crippen LogP contribution is -2.03. The van der Waals surface area contributed by atoms with Gasteiger partial charge >= 0.3 is 0 Å². The zero-order valence-corrected chi connectivity index (χ0v) is 9.70. The Morgan fingerprint density at radius 3 is 2.62 bits per heavy atom. The number of benzene rings is 1. The quantitative estimate of drug-likeness (QED) is 0.684. The van der Waals surface area contributed by atoms with Crippen molar-refractivity contribution in [3.63, 3.8) is 0 Å². The van der Waals surface area contributed by atoms with Crippen molar-refractivity contribution in [3.05, 3.63) is 35.4 Å². The number of Topliss-reactive ketones (excluding diaryl/α,β-unsaturated/α-hetero) is 1. The Labute approximate surface area is 96.9 Å². The van der Waals surface area contributed by atoms with Gasteiger partial charge in [0.15, 0.2) is 0 Å². The number of aryl methyl sites for hydroxylation is 1. The summed E-state index contributed by atoms with van der Waals surface area (Å²) in [5.41, 5.74) is 2.33. The monoisotopic (exact) mass is 215 g/mol. The molecule has 0 radical (unpaired) electrons. The first kappa shape index (κ1) is 12.4. The molecule has 0 aliphatic rings. The molecule has 0 aliphatic heterocycles. The molecule has 0 amide bonds. The molecule has 0 fully saturated rings. The van der Waals surface area contributed by atoms with Crippen LogP contribution in [-0.2, 0) is 17.6 Å². The van der Waals surface area contributed by atoms with Crippen molar-refractivity contribution >= 4 is 5.78 Å². The Balaban J connectivity index is 2.68. The van der Waals surface area contributed by atoms with Gasteiger partial charge in [-0.15, -0.1) is 0 Å². The number of ketones is 1. The van der Waals surface area contributed by atoms with Gasteiger partial charge in [-0.2, -0.15) is 5.26 Å². The van der Waals surface area contributed by atoms with Crippen molar-refractivity contribution in [2.24, 2.45) is 0 Å². The lowest BCUT2D eigenvalue weighted by molar-refractivity contribution is -0.118. The van der Waals surface area contributed by atoms with Crippen LogP contribution < -0.4 is 0 Å². The van der Waals surface area contributed by atoms with Crippen molar-refractivity contribution in [1.82, 2.24) is 0 Å². The summed E-state index contributed by atoms with van der Waals surface area (Å²) < 4.78 is 0. The first-order valence-corrected chi connectivity index (χ1v) is 5.73. The molecule has 0 aromatic heterocycles. The van der Waals surface area contributed by atoms with Crippen molar-refractivity contribution in [2.45, 2.75) is 39.0 Å². The minimum absolute atomic E-state index is 0.271. The molecular weight excluding hydrogens is 198 g/mol. The number of carbonyl (C=O) groups excluding carboxylic acids is 1. The van der Waals surface area contributed by atoms with Crippen LogP contribution in [0.4, 0.5) is 0 Å². The molecule has 1 aromatic rings. The van der Waals surface area contributed by atoms with Gasteiger partial charge in [0.25, 0.3) is 0 Å². The fourth-order valence-corrected chi connectivity index (χ4v) is 1.67. The van der Waals surface area contributed by atoms with E-state index in [0.717, 1.165) is 18.4 Å². The molecule has 1 aromatic carbocycles. The van der Waals surface area contributed by atoms with E-state index in [0.29, 0.717) is 19.3 Å². The van der Waals surface area contributed by atoms with Gasteiger partial charge in [-0.05, 0) is 24.0 Å². The van der Waals surface area contributed by atoms with Gasteiger partial charge in [-0.3, -0.25) is 4.79 Å². The largest absolute Gasteiger partial charge is 0.299 e. The molecule has 1 rings (SSSR count). The minimum atomic E-state index is 0.271. The van der Waals surface area contributed by atoms with E-state index >= 15 is 0 Å². The zero-order chi connectivity index (χ0) is 11.8. The van der Waals surface area contributed by atoms with E-state index in [1.165, 1.54) is 5.56 Å². The van der Waals surface area contributed by atoms with E-state index in [1.807, 2.05) is 25.1 Å². The molecule has 2 nitrogen and oxygen atoms in total. The van der Waals surface area contributed by atoms with Crippen LogP contribution in [0.3, 0.4) is 0 Å². The smallest absolute Gasteiger partial charge is 0.137 e. The summed E-state index contributed by atoms with van der Waals surface area (Å²) >= 11 is 0. The number of nitrogens with zero attached hydrogens (tertiary/aromatic N) is 1. The summed E-state index contributed by atoms with van der Waals surface area (Å²) in [4.78, 5) is 11.4. The van der Waals surface area contributed by atoms with E-state index < -0.39 is 0 Å². The van der Waals surface area contributed by atoms with Gasteiger partial charge in [-0.1, -0.05) is 31.2 Å². The lowest BCUT2D eigenvalue weighted by Gasteiger charge is -2.07. The van der Waals surface area contributed by atoms with Gasteiger partial charge in [0.05, 0.1) is 6.07 Å². The highest BCUT2D eigenvalue weighted by atomic mass is 16.1. The molecule has 0 unspecified atom stereocenters. The maximum absolute atomic E-state index is 11.4. The zero-order valence-electron chi connectivity index (χ0n) is 9.70. The van der Waals surface area contributed by atoms with Crippen molar-refractivity contribution in [1.29, 1.82) is 5.26 Å².